The minimum atomic E-state index is -0.688. The third-order valence-electron chi connectivity index (χ3n) is 2.14. The number of hydrogen-bond acceptors (Lipinski definition) is 4. The van der Waals surface area contributed by atoms with Crippen molar-refractivity contribution < 1.29 is 14.3 Å². The monoisotopic (exact) mass is 247 g/mol. The van der Waals surface area contributed by atoms with Crippen LogP contribution in [-0.4, -0.2) is 25.5 Å². The Morgan fingerprint density at radius 1 is 1.22 bits per heavy atom. The molecule has 0 heterocycles. The van der Waals surface area contributed by atoms with Crippen LogP contribution in [0.5, 0.6) is 11.5 Å². The van der Waals surface area contributed by atoms with E-state index in [2.05, 4.69) is 11.8 Å². The van der Waals surface area contributed by atoms with Crippen molar-refractivity contribution in [1.82, 2.24) is 0 Å². The summed E-state index contributed by atoms with van der Waals surface area (Å²) in [4.78, 5) is 11.8. The summed E-state index contributed by atoms with van der Waals surface area (Å²) in [5.41, 5.74) is 5.45. The molecule has 1 rings (SSSR count). The van der Waals surface area contributed by atoms with Gasteiger partial charge in [-0.05, 0) is 38.0 Å². The number of rotatable bonds is 3. The summed E-state index contributed by atoms with van der Waals surface area (Å²) in [6, 6.07) is 4.91. The summed E-state index contributed by atoms with van der Waals surface area (Å²) in [5.74, 6) is 5.98. The van der Waals surface area contributed by atoms with Gasteiger partial charge in [0.15, 0.2) is 11.5 Å². The largest absolute Gasteiger partial charge is 0.493 e. The van der Waals surface area contributed by atoms with Crippen molar-refractivity contribution in [3.05, 3.63) is 23.8 Å². The summed E-state index contributed by atoms with van der Waals surface area (Å²) < 4.78 is 10.2. The van der Waals surface area contributed by atoms with Gasteiger partial charge in [0.2, 0.25) is 5.78 Å². The van der Waals surface area contributed by atoms with Crippen molar-refractivity contribution >= 4 is 5.78 Å². The molecular weight excluding hydrogens is 230 g/mol. The number of carbonyl (C=O) groups is 1. The lowest BCUT2D eigenvalue weighted by atomic mass is 10.1. The summed E-state index contributed by atoms with van der Waals surface area (Å²) in [6.07, 6.45) is 0. The molecule has 0 saturated carbocycles. The van der Waals surface area contributed by atoms with Gasteiger partial charge in [-0.2, -0.15) is 0 Å². The average molecular weight is 247 g/mol. The molecule has 1 aromatic rings. The predicted octanol–water partition coefficient (Wildman–Crippen LogP) is 1.63. The molecule has 1 aromatic carbocycles. The fourth-order valence-corrected chi connectivity index (χ4v) is 1.27. The standard InChI is InChI=1S/C14H17NO3/c1-14(2,15)8-7-11(16)10-5-6-12(17-3)13(9-10)18-4/h5-6,9H,15H2,1-4H3. The van der Waals surface area contributed by atoms with E-state index in [1.807, 2.05) is 0 Å². The van der Waals surface area contributed by atoms with Gasteiger partial charge >= 0.3 is 0 Å². The topological polar surface area (TPSA) is 61.5 Å². The maximum atomic E-state index is 11.8. The maximum Gasteiger partial charge on any atom is 0.236 e. The molecule has 0 radical (unpaired) electrons. The second-order valence-electron chi connectivity index (χ2n) is 4.37. The van der Waals surface area contributed by atoms with Crippen molar-refractivity contribution in [3.8, 4) is 23.3 Å². The Kier molecular flexibility index (Phi) is 4.35. The highest BCUT2D eigenvalue weighted by molar-refractivity contribution is 6.09. The van der Waals surface area contributed by atoms with Gasteiger partial charge in [0, 0.05) is 5.56 Å². The Balaban J connectivity index is 3.03. The summed E-state index contributed by atoms with van der Waals surface area (Å²) >= 11 is 0. The van der Waals surface area contributed by atoms with Gasteiger partial charge in [-0.15, -0.1) is 0 Å². The molecule has 2 N–H and O–H groups in total. The van der Waals surface area contributed by atoms with E-state index in [-0.39, 0.29) is 5.78 Å². The second kappa shape index (κ2) is 5.56. The van der Waals surface area contributed by atoms with Crippen molar-refractivity contribution in [2.45, 2.75) is 19.4 Å². The Morgan fingerprint density at radius 2 is 1.83 bits per heavy atom. The van der Waals surface area contributed by atoms with Crippen LogP contribution in [0.15, 0.2) is 18.2 Å². The molecule has 96 valence electrons. The minimum absolute atomic E-state index is 0.297. The number of benzene rings is 1. The number of nitrogens with two attached hydrogens (primary N) is 1. The number of hydrogen-bond donors (Lipinski definition) is 1. The van der Waals surface area contributed by atoms with Gasteiger partial charge in [0.05, 0.1) is 19.8 Å². The first-order chi connectivity index (χ1) is 8.37. The zero-order valence-corrected chi connectivity index (χ0v) is 11.0. The Morgan fingerprint density at radius 3 is 2.33 bits per heavy atom. The predicted molar refractivity (Wildman–Crippen MR) is 69.9 cm³/mol. The van der Waals surface area contributed by atoms with Gasteiger partial charge in [-0.25, -0.2) is 0 Å². The highest BCUT2D eigenvalue weighted by atomic mass is 16.5. The number of ketones is 1. The molecule has 0 aliphatic carbocycles. The van der Waals surface area contributed by atoms with Crippen LogP contribution in [0.4, 0.5) is 0 Å². The molecule has 4 nitrogen and oxygen atoms in total. The van der Waals surface area contributed by atoms with Crippen LogP contribution in [0.1, 0.15) is 24.2 Å². The quantitative estimate of drug-likeness (QED) is 0.501. The fraction of sp³-hybridized carbons (Fsp3) is 0.357. The van der Waals surface area contributed by atoms with Gasteiger partial charge in [0.1, 0.15) is 0 Å². The van der Waals surface area contributed by atoms with Crippen LogP contribution in [0.2, 0.25) is 0 Å². The fourth-order valence-electron chi connectivity index (χ4n) is 1.27. The Bertz CT molecular complexity index is 504. The third-order valence-corrected chi connectivity index (χ3v) is 2.14. The van der Waals surface area contributed by atoms with E-state index < -0.39 is 5.54 Å². The zero-order chi connectivity index (χ0) is 13.8. The number of carbonyl (C=O) groups excluding carboxylic acids is 1. The molecule has 0 spiro atoms. The summed E-state index contributed by atoms with van der Waals surface area (Å²) in [7, 11) is 3.05. The van der Waals surface area contributed by atoms with Gasteiger partial charge < -0.3 is 15.2 Å². The SMILES string of the molecule is COc1ccc(C(=O)C#CC(C)(C)N)cc1OC. The van der Waals surface area contributed by atoms with E-state index >= 15 is 0 Å². The zero-order valence-electron chi connectivity index (χ0n) is 11.0. The summed E-state index contributed by atoms with van der Waals surface area (Å²) in [6.45, 7) is 3.48. The van der Waals surface area contributed by atoms with Crippen molar-refractivity contribution in [3.63, 3.8) is 0 Å². The van der Waals surface area contributed by atoms with Crippen LogP contribution >= 0.6 is 0 Å². The lowest BCUT2D eigenvalue weighted by molar-refractivity contribution is 0.105. The van der Waals surface area contributed by atoms with Crippen molar-refractivity contribution in [2.75, 3.05) is 14.2 Å². The van der Waals surface area contributed by atoms with Crippen LogP contribution < -0.4 is 15.2 Å². The number of ether oxygens (including phenoxy) is 2. The molecular formula is C14H17NO3. The van der Waals surface area contributed by atoms with Crippen LogP contribution in [0.3, 0.4) is 0 Å². The Hall–Kier alpha value is -1.99. The van der Waals surface area contributed by atoms with E-state index in [0.717, 1.165) is 0 Å². The minimum Gasteiger partial charge on any atom is -0.493 e. The second-order valence-corrected chi connectivity index (χ2v) is 4.37. The number of Topliss-reactive ketones (excluding diaryl/α,β-unsaturated/α-hetero) is 1. The van der Waals surface area contributed by atoms with Crippen molar-refractivity contribution in [1.29, 1.82) is 0 Å². The van der Waals surface area contributed by atoms with Crippen LogP contribution in [0, 0.1) is 11.8 Å². The van der Waals surface area contributed by atoms with E-state index in [0.29, 0.717) is 17.1 Å². The summed E-state index contributed by atoms with van der Waals surface area (Å²) in [5, 5.41) is 0. The first-order valence-electron chi connectivity index (χ1n) is 5.46. The molecule has 0 aliphatic rings. The molecule has 0 amide bonds. The number of methoxy groups -OCH3 is 2. The normalized spacial score (nSPS) is 10.3. The van der Waals surface area contributed by atoms with Gasteiger partial charge in [0.25, 0.3) is 0 Å². The maximum absolute atomic E-state index is 11.8. The third kappa shape index (κ3) is 3.79. The lowest BCUT2D eigenvalue weighted by Gasteiger charge is -2.08. The highest BCUT2D eigenvalue weighted by Crippen LogP contribution is 2.27. The molecule has 0 saturated heterocycles. The van der Waals surface area contributed by atoms with E-state index in [1.54, 1.807) is 32.0 Å². The molecule has 0 bridgehead atoms. The average Bonchev–Trinajstić information content (AvgIpc) is 2.34. The van der Waals surface area contributed by atoms with Crippen LogP contribution in [0.25, 0.3) is 0 Å². The Labute approximate surface area is 107 Å². The molecule has 0 fully saturated rings. The molecule has 18 heavy (non-hydrogen) atoms. The van der Waals surface area contributed by atoms with Gasteiger partial charge in [-0.1, -0.05) is 5.92 Å². The highest BCUT2D eigenvalue weighted by Gasteiger charge is 2.10. The van der Waals surface area contributed by atoms with Crippen molar-refractivity contribution in [2.24, 2.45) is 5.73 Å². The first-order valence-corrected chi connectivity index (χ1v) is 5.46. The van der Waals surface area contributed by atoms with Gasteiger partial charge in [-0.3, -0.25) is 4.79 Å². The molecule has 0 aliphatic heterocycles. The molecule has 4 heteroatoms. The van der Waals surface area contributed by atoms with E-state index in [9.17, 15) is 4.79 Å². The van der Waals surface area contributed by atoms with E-state index in [4.69, 9.17) is 15.2 Å². The first kappa shape index (κ1) is 14.1. The van der Waals surface area contributed by atoms with E-state index in [1.165, 1.54) is 14.2 Å². The molecule has 0 unspecified atom stereocenters. The lowest BCUT2D eigenvalue weighted by Crippen LogP contribution is -2.29. The molecule has 0 aromatic heterocycles. The smallest absolute Gasteiger partial charge is 0.236 e. The van der Waals surface area contributed by atoms with Crippen LogP contribution in [-0.2, 0) is 0 Å². The molecule has 0 atom stereocenters.